The summed E-state index contributed by atoms with van der Waals surface area (Å²) in [6.07, 6.45) is 0. The lowest BCUT2D eigenvalue weighted by atomic mass is 9.80. The summed E-state index contributed by atoms with van der Waals surface area (Å²) in [5, 5.41) is 0. The van der Waals surface area contributed by atoms with E-state index in [0.717, 1.165) is 24.8 Å². The smallest absolute Gasteiger partial charge is 0.162 e. The van der Waals surface area contributed by atoms with E-state index < -0.39 is 0 Å². The maximum Gasteiger partial charge on any atom is 0.162 e. The van der Waals surface area contributed by atoms with Crippen LogP contribution < -0.4 is 0 Å². The molecule has 0 unspecified atom stereocenters. The van der Waals surface area contributed by atoms with Gasteiger partial charge in [-0.15, -0.1) is 0 Å². The highest BCUT2D eigenvalue weighted by molar-refractivity contribution is 9.11. The highest BCUT2D eigenvalue weighted by atomic mass is 79.9. The van der Waals surface area contributed by atoms with E-state index in [-0.39, 0.29) is 0 Å². The van der Waals surface area contributed by atoms with Crippen molar-refractivity contribution in [3.63, 3.8) is 0 Å². The van der Waals surface area contributed by atoms with Crippen LogP contribution in [0.4, 0.5) is 0 Å². The molecule has 4 aromatic carbocycles. The Hall–Kier alpha value is -2.60. The monoisotopic (exact) mass is 616 g/mol. The standard InChI is InChI=1S/C28H15Br3N2/c29-25-14-23-21-12-6-4-10-19(21)17-8-2-1-7-16(17)18-9-3-5-11-20(18)22(23)13-24(25)28-32-26(30)15-27(31)33-28/h1-15H. The molecule has 0 saturated heterocycles. The van der Waals surface area contributed by atoms with Crippen LogP contribution in [0.5, 0.6) is 0 Å². The Morgan fingerprint density at radius 1 is 0.394 bits per heavy atom. The minimum Gasteiger partial charge on any atom is -0.221 e. The number of rotatable bonds is 1. The van der Waals surface area contributed by atoms with E-state index in [1.807, 2.05) is 6.07 Å². The van der Waals surface area contributed by atoms with Crippen LogP contribution in [0.25, 0.3) is 55.9 Å². The number of nitrogens with zero attached hydrogens (tertiary/aromatic N) is 2. The van der Waals surface area contributed by atoms with Gasteiger partial charge < -0.3 is 0 Å². The zero-order valence-corrected chi connectivity index (χ0v) is 21.9. The molecule has 1 aromatic heterocycles. The van der Waals surface area contributed by atoms with Gasteiger partial charge >= 0.3 is 0 Å². The molecular formula is C28H15Br3N2. The summed E-state index contributed by atoms with van der Waals surface area (Å²) in [4.78, 5) is 9.28. The summed E-state index contributed by atoms with van der Waals surface area (Å²) in [6, 6.07) is 32.2. The van der Waals surface area contributed by atoms with Gasteiger partial charge in [-0.1, -0.05) is 88.7 Å². The molecule has 0 spiro atoms. The van der Waals surface area contributed by atoms with Crippen LogP contribution in [0.3, 0.4) is 0 Å². The van der Waals surface area contributed by atoms with Crippen LogP contribution in [0.2, 0.25) is 0 Å². The van der Waals surface area contributed by atoms with E-state index in [1.54, 1.807) is 0 Å². The second kappa shape index (κ2) is 8.32. The summed E-state index contributed by atoms with van der Waals surface area (Å²) in [7, 11) is 0. The molecular weight excluding hydrogens is 604 g/mol. The summed E-state index contributed by atoms with van der Waals surface area (Å²) in [5.74, 6) is 0.652. The Bertz CT molecular complexity index is 1540. The molecule has 5 heteroatoms. The molecule has 0 saturated carbocycles. The Kier molecular flexibility index (Phi) is 5.28. The quantitative estimate of drug-likeness (QED) is 0.172. The maximum absolute atomic E-state index is 4.64. The van der Waals surface area contributed by atoms with Gasteiger partial charge in [-0.25, -0.2) is 9.97 Å². The highest BCUT2D eigenvalue weighted by Gasteiger charge is 2.23. The molecule has 1 aliphatic rings. The van der Waals surface area contributed by atoms with Gasteiger partial charge in [-0.05, 0) is 88.5 Å². The minimum atomic E-state index is 0.652. The van der Waals surface area contributed by atoms with Gasteiger partial charge in [0, 0.05) is 16.1 Å². The van der Waals surface area contributed by atoms with Gasteiger partial charge in [0.25, 0.3) is 0 Å². The fourth-order valence-corrected chi connectivity index (χ4v) is 6.16. The average molecular weight is 619 g/mol. The van der Waals surface area contributed by atoms with E-state index >= 15 is 0 Å². The van der Waals surface area contributed by atoms with Gasteiger partial charge in [0.1, 0.15) is 9.21 Å². The average Bonchev–Trinajstić information content (AvgIpc) is 2.82. The third-order valence-corrected chi connectivity index (χ3v) is 7.42. The molecule has 0 amide bonds. The lowest BCUT2D eigenvalue weighted by Crippen LogP contribution is -1.99. The van der Waals surface area contributed by atoms with Crippen molar-refractivity contribution in [1.82, 2.24) is 9.97 Å². The van der Waals surface area contributed by atoms with Crippen LogP contribution in [-0.2, 0) is 0 Å². The van der Waals surface area contributed by atoms with Crippen LogP contribution in [0.15, 0.2) is 105 Å². The summed E-state index contributed by atoms with van der Waals surface area (Å²) in [6.45, 7) is 0. The Labute approximate surface area is 217 Å². The van der Waals surface area contributed by atoms with Crippen LogP contribution in [0.1, 0.15) is 0 Å². The Morgan fingerprint density at radius 3 is 1.18 bits per heavy atom. The molecule has 2 nitrogen and oxygen atoms in total. The van der Waals surface area contributed by atoms with Crippen molar-refractivity contribution in [3.05, 3.63) is 105 Å². The second-order valence-corrected chi connectivity index (χ2v) is 10.3. The number of fused-ring (bicyclic) bond motifs is 8. The first-order chi connectivity index (χ1) is 16.1. The SMILES string of the molecule is Brc1cc(Br)nc(-c2cc3c(cc2Br)-c2ccccc2-c2ccccc2-c2ccccc2-3)n1. The molecule has 0 bridgehead atoms. The molecule has 5 aromatic rings. The van der Waals surface area contributed by atoms with Gasteiger partial charge in [-0.3, -0.25) is 0 Å². The van der Waals surface area contributed by atoms with Crippen molar-refractivity contribution in [2.75, 3.05) is 0 Å². The summed E-state index contributed by atoms with van der Waals surface area (Å²) in [5.41, 5.74) is 10.6. The van der Waals surface area contributed by atoms with Crippen molar-refractivity contribution < 1.29 is 0 Å². The van der Waals surface area contributed by atoms with E-state index in [0.29, 0.717) is 5.82 Å². The number of hydrogen-bond acceptors (Lipinski definition) is 2. The number of aromatic nitrogens is 2. The molecule has 0 radical (unpaired) electrons. The molecule has 1 heterocycles. The zero-order valence-electron chi connectivity index (χ0n) is 17.2. The maximum atomic E-state index is 4.64. The highest BCUT2D eigenvalue weighted by Crippen LogP contribution is 2.49. The first kappa shape index (κ1) is 21.0. The van der Waals surface area contributed by atoms with Crippen molar-refractivity contribution in [3.8, 4) is 55.9 Å². The van der Waals surface area contributed by atoms with Crippen molar-refractivity contribution in [1.29, 1.82) is 0 Å². The third kappa shape index (κ3) is 3.59. The van der Waals surface area contributed by atoms with E-state index in [1.165, 1.54) is 38.9 Å². The van der Waals surface area contributed by atoms with E-state index in [9.17, 15) is 0 Å². The van der Waals surface area contributed by atoms with Gasteiger partial charge in [-0.2, -0.15) is 0 Å². The fraction of sp³-hybridized carbons (Fsp3) is 0. The Morgan fingerprint density at radius 2 is 0.758 bits per heavy atom. The van der Waals surface area contributed by atoms with Gasteiger partial charge in [0.2, 0.25) is 0 Å². The third-order valence-electron chi connectivity index (χ3n) is 5.95. The molecule has 0 aliphatic heterocycles. The molecule has 0 atom stereocenters. The van der Waals surface area contributed by atoms with Crippen LogP contribution >= 0.6 is 47.8 Å². The van der Waals surface area contributed by atoms with Crippen molar-refractivity contribution >= 4 is 47.8 Å². The normalized spacial score (nSPS) is 11.5. The topological polar surface area (TPSA) is 25.8 Å². The fourth-order valence-electron chi connectivity index (χ4n) is 4.56. The summed E-state index contributed by atoms with van der Waals surface area (Å²) < 4.78 is 2.42. The first-order valence-corrected chi connectivity index (χ1v) is 12.8. The largest absolute Gasteiger partial charge is 0.221 e. The number of halogens is 3. The van der Waals surface area contributed by atoms with Crippen molar-refractivity contribution in [2.45, 2.75) is 0 Å². The summed E-state index contributed by atoms with van der Waals surface area (Å²) >= 11 is 10.8. The molecule has 1 aliphatic carbocycles. The van der Waals surface area contributed by atoms with Crippen molar-refractivity contribution in [2.24, 2.45) is 0 Å². The minimum absolute atomic E-state index is 0.652. The first-order valence-electron chi connectivity index (χ1n) is 10.4. The lowest BCUT2D eigenvalue weighted by molar-refractivity contribution is 1.12. The van der Waals surface area contributed by atoms with Gasteiger partial charge in [0.15, 0.2) is 5.82 Å². The van der Waals surface area contributed by atoms with Crippen LogP contribution in [-0.4, -0.2) is 9.97 Å². The zero-order chi connectivity index (χ0) is 22.5. The number of hydrogen-bond donors (Lipinski definition) is 0. The lowest BCUT2D eigenvalue weighted by Gasteiger charge is -2.24. The van der Waals surface area contributed by atoms with E-state index in [2.05, 4.69) is 143 Å². The van der Waals surface area contributed by atoms with Gasteiger partial charge in [0.05, 0.1) is 0 Å². The Balaban J connectivity index is 1.74. The molecule has 0 fully saturated rings. The van der Waals surface area contributed by atoms with Crippen LogP contribution in [0, 0.1) is 0 Å². The molecule has 33 heavy (non-hydrogen) atoms. The predicted octanol–water partition coefficient (Wildman–Crippen LogP) is 9.41. The number of benzene rings is 4. The predicted molar refractivity (Wildman–Crippen MR) is 146 cm³/mol. The van der Waals surface area contributed by atoms with E-state index in [4.69, 9.17) is 0 Å². The molecule has 158 valence electrons. The second-order valence-electron chi connectivity index (χ2n) is 7.85. The molecule has 6 rings (SSSR count). The molecule has 0 N–H and O–H groups in total.